The number of halogens is 1. The highest BCUT2D eigenvalue weighted by Gasteiger charge is 2.19. The first-order valence-electron chi connectivity index (χ1n) is 10.6. The first kappa shape index (κ1) is 22.6. The van der Waals surface area contributed by atoms with Crippen LogP contribution in [0.4, 0.5) is 0 Å². The molecule has 0 saturated heterocycles. The minimum Gasteiger partial charge on any atom is -0.497 e. The van der Waals surface area contributed by atoms with E-state index in [1.54, 1.807) is 31.3 Å². The second kappa shape index (κ2) is 9.92. The van der Waals surface area contributed by atoms with Crippen molar-refractivity contribution >= 4 is 28.4 Å². The van der Waals surface area contributed by atoms with E-state index in [-0.39, 0.29) is 5.91 Å². The third kappa shape index (κ3) is 5.26. The SMILES string of the molecule is COc1cccc(C(=O)N(Cc2cccc(C)c2)Cc2cc3ccc(OC)cc3nc2Cl)c1. The number of carbonyl (C=O) groups is 1. The van der Waals surface area contributed by atoms with E-state index in [9.17, 15) is 4.79 Å². The van der Waals surface area contributed by atoms with E-state index in [0.29, 0.717) is 35.3 Å². The molecule has 33 heavy (non-hydrogen) atoms. The van der Waals surface area contributed by atoms with E-state index in [1.165, 1.54) is 0 Å². The summed E-state index contributed by atoms with van der Waals surface area (Å²) >= 11 is 6.56. The van der Waals surface area contributed by atoms with Crippen molar-refractivity contribution in [1.29, 1.82) is 0 Å². The van der Waals surface area contributed by atoms with Crippen LogP contribution in [-0.2, 0) is 13.1 Å². The molecule has 0 atom stereocenters. The maximum Gasteiger partial charge on any atom is 0.254 e. The Bertz CT molecular complexity index is 1310. The van der Waals surface area contributed by atoms with Crippen LogP contribution in [0.3, 0.4) is 0 Å². The van der Waals surface area contributed by atoms with E-state index >= 15 is 0 Å². The van der Waals surface area contributed by atoms with Gasteiger partial charge in [0.25, 0.3) is 5.91 Å². The Morgan fingerprint density at radius 3 is 2.42 bits per heavy atom. The third-order valence-corrected chi connectivity index (χ3v) is 5.80. The maximum atomic E-state index is 13.6. The van der Waals surface area contributed by atoms with Crippen molar-refractivity contribution in [2.24, 2.45) is 0 Å². The molecule has 1 heterocycles. The van der Waals surface area contributed by atoms with Crippen molar-refractivity contribution in [3.8, 4) is 11.5 Å². The first-order valence-corrected chi connectivity index (χ1v) is 11.0. The first-order chi connectivity index (χ1) is 16.0. The summed E-state index contributed by atoms with van der Waals surface area (Å²) in [6.07, 6.45) is 0. The molecule has 0 N–H and O–H groups in total. The Kier molecular flexibility index (Phi) is 6.80. The summed E-state index contributed by atoms with van der Waals surface area (Å²) in [6, 6.07) is 23.0. The quantitative estimate of drug-likeness (QED) is 0.315. The number of fused-ring (bicyclic) bond motifs is 1. The van der Waals surface area contributed by atoms with Gasteiger partial charge < -0.3 is 14.4 Å². The van der Waals surface area contributed by atoms with Gasteiger partial charge in [-0.25, -0.2) is 4.98 Å². The molecule has 0 spiro atoms. The number of ether oxygens (including phenoxy) is 2. The summed E-state index contributed by atoms with van der Waals surface area (Å²) in [5, 5.41) is 1.29. The summed E-state index contributed by atoms with van der Waals surface area (Å²) < 4.78 is 10.6. The fourth-order valence-electron chi connectivity index (χ4n) is 3.78. The van der Waals surface area contributed by atoms with Crippen LogP contribution in [0.15, 0.2) is 72.8 Å². The van der Waals surface area contributed by atoms with Gasteiger partial charge >= 0.3 is 0 Å². The third-order valence-electron chi connectivity index (χ3n) is 5.47. The van der Waals surface area contributed by atoms with Gasteiger partial charge in [-0.1, -0.05) is 47.5 Å². The zero-order valence-electron chi connectivity index (χ0n) is 18.8. The lowest BCUT2D eigenvalue weighted by atomic mass is 10.1. The van der Waals surface area contributed by atoms with Gasteiger partial charge in [0.2, 0.25) is 0 Å². The second-order valence-electron chi connectivity index (χ2n) is 7.88. The molecule has 168 valence electrons. The van der Waals surface area contributed by atoms with Gasteiger partial charge in [0.1, 0.15) is 16.7 Å². The highest BCUT2D eigenvalue weighted by molar-refractivity contribution is 6.30. The van der Waals surface area contributed by atoms with Crippen LogP contribution in [0.1, 0.15) is 27.0 Å². The standard InChI is InChI=1S/C27H25ClN2O3/c1-18-6-4-7-19(12-18)16-30(27(31)21-8-5-9-23(14-21)32-2)17-22-13-20-10-11-24(33-3)15-25(20)29-26(22)28/h4-15H,16-17H2,1-3H3. The molecule has 1 amide bonds. The molecule has 0 fully saturated rings. The van der Waals surface area contributed by atoms with Crippen molar-refractivity contribution in [2.75, 3.05) is 14.2 Å². The van der Waals surface area contributed by atoms with Crippen LogP contribution in [0.2, 0.25) is 5.15 Å². The van der Waals surface area contributed by atoms with Crippen molar-refractivity contribution in [2.45, 2.75) is 20.0 Å². The Morgan fingerprint density at radius 2 is 1.67 bits per heavy atom. The molecule has 0 aliphatic rings. The Labute approximate surface area is 198 Å². The molecular formula is C27H25ClN2O3. The van der Waals surface area contributed by atoms with Gasteiger partial charge in [0.15, 0.2) is 0 Å². The van der Waals surface area contributed by atoms with Crippen molar-refractivity contribution in [3.05, 3.63) is 100 Å². The number of aromatic nitrogens is 1. The molecule has 5 nitrogen and oxygen atoms in total. The van der Waals surface area contributed by atoms with Gasteiger partial charge in [-0.2, -0.15) is 0 Å². The zero-order valence-corrected chi connectivity index (χ0v) is 19.6. The number of methoxy groups -OCH3 is 2. The molecule has 0 radical (unpaired) electrons. The van der Waals surface area contributed by atoms with Crippen LogP contribution in [0.25, 0.3) is 10.9 Å². The van der Waals surface area contributed by atoms with E-state index in [1.807, 2.05) is 61.5 Å². The normalized spacial score (nSPS) is 10.8. The average molecular weight is 461 g/mol. The number of amides is 1. The van der Waals surface area contributed by atoms with Crippen molar-refractivity contribution < 1.29 is 14.3 Å². The Hall–Kier alpha value is -3.57. The van der Waals surface area contributed by atoms with Crippen LogP contribution in [0, 0.1) is 6.92 Å². The molecule has 0 saturated carbocycles. The monoisotopic (exact) mass is 460 g/mol. The van der Waals surface area contributed by atoms with Gasteiger partial charge in [-0.3, -0.25) is 4.79 Å². The number of hydrogen-bond donors (Lipinski definition) is 0. The molecule has 3 aromatic carbocycles. The minimum absolute atomic E-state index is 0.110. The zero-order chi connectivity index (χ0) is 23.4. The fourth-order valence-corrected chi connectivity index (χ4v) is 3.99. The van der Waals surface area contributed by atoms with Gasteiger partial charge in [-0.15, -0.1) is 0 Å². The highest BCUT2D eigenvalue weighted by atomic mass is 35.5. The summed E-state index contributed by atoms with van der Waals surface area (Å²) in [6.45, 7) is 2.79. The number of nitrogens with zero attached hydrogens (tertiary/aromatic N) is 2. The molecule has 0 bridgehead atoms. The smallest absolute Gasteiger partial charge is 0.254 e. The second-order valence-corrected chi connectivity index (χ2v) is 8.24. The summed E-state index contributed by atoms with van der Waals surface area (Å²) in [7, 11) is 3.20. The predicted molar refractivity (Wildman–Crippen MR) is 131 cm³/mol. The number of aryl methyl sites for hydroxylation is 1. The number of benzene rings is 3. The van der Waals surface area contributed by atoms with Crippen LogP contribution in [-0.4, -0.2) is 30.0 Å². The van der Waals surface area contributed by atoms with Crippen molar-refractivity contribution in [3.63, 3.8) is 0 Å². The minimum atomic E-state index is -0.110. The summed E-state index contributed by atoms with van der Waals surface area (Å²) in [4.78, 5) is 19.9. The number of pyridine rings is 1. The Balaban J connectivity index is 1.71. The molecule has 4 aromatic rings. The molecule has 0 aliphatic heterocycles. The average Bonchev–Trinajstić information content (AvgIpc) is 2.83. The lowest BCUT2D eigenvalue weighted by Gasteiger charge is -2.24. The maximum absolute atomic E-state index is 13.6. The van der Waals surface area contributed by atoms with E-state index < -0.39 is 0 Å². The topological polar surface area (TPSA) is 51.7 Å². The number of hydrogen-bond acceptors (Lipinski definition) is 4. The fraction of sp³-hybridized carbons (Fsp3) is 0.185. The molecule has 0 unspecified atom stereocenters. The molecule has 6 heteroatoms. The number of carbonyl (C=O) groups excluding carboxylic acids is 1. The summed E-state index contributed by atoms with van der Waals surface area (Å²) in [5.74, 6) is 1.24. The van der Waals surface area contributed by atoms with Gasteiger partial charge in [0, 0.05) is 35.7 Å². The highest BCUT2D eigenvalue weighted by Crippen LogP contribution is 2.26. The van der Waals surface area contributed by atoms with Gasteiger partial charge in [-0.05, 0) is 48.9 Å². The largest absolute Gasteiger partial charge is 0.497 e. The predicted octanol–water partition coefficient (Wildman–Crippen LogP) is 6.06. The van der Waals surface area contributed by atoms with Crippen LogP contribution < -0.4 is 9.47 Å². The molecule has 4 rings (SSSR count). The number of rotatable bonds is 7. The molecule has 1 aromatic heterocycles. The lowest BCUT2D eigenvalue weighted by Crippen LogP contribution is -2.30. The van der Waals surface area contributed by atoms with Gasteiger partial charge in [0.05, 0.1) is 19.7 Å². The van der Waals surface area contributed by atoms with Crippen LogP contribution >= 0.6 is 11.6 Å². The Morgan fingerprint density at radius 1 is 0.909 bits per heavy atom. The van der Waals surface area contributed by atoms with E-state index in [4.69, 9.17) is 21.1 Å². The molecule has 0 aliphatic carbocycles. The van der Waals surface area contributed by atoms with Crippen molar-refractivity contribution in [1.82, 2.24) is 9.88 Å². The molecular weight excluding hydrogens is 436 g/mol. The van der Waals surface area contributed by atoms with E-state index in [2.05, 4.69) is 11.1 Å². The van der Waals surface area contributed by atoms with Crippen LogP contribution in [0.5, 0.6) is 11.5 Å². The van der Waals surface area contributed by atoms with E-state index in [0.717, 1.165) is 27.6 Å². The summed E-state index contributed by atoms with van der Waals surface area (Å²) in [5.41, 5.74) is 4.25. The lowest BCUT2D eigenvalue weighted by molar-refractivity contribution is 0.0729.